The standard InChI is InChI=1S/C8H14O3/c9-6-2-1-3-7-5(6)4-8(10)11-7/h5-10H,1-4H2/t5-,6+,7+,8?/m1/s1. The second kappa shape index (κ2) is 2.73. The van der Waals surface area contributed by atoms with E-state index >= 15 is 0 Å². The first-order valence-electron chi connectivity index (χ1n) is 4.29. The van der Waals surface area contributed by atoms with Crippen molar-refractivity contribution in [2.45, 2.75) is 44.2 Å². The second-order valence-electron chi connectivity index (χ2n) is 3.53. The Labute approximate surface area is 66.0 Å². The smallest absolute Gasteiger partial charge is 0.155 e. The largest absolute Gasteiger partial charge is 0.393 e. The van der Waals surface area contributed by atoms with E-state index in [9.17, 15) is 5.11 Å². The maximum absolute atomic E-state index is 9.51. The Morgan fingerprint density at radius 2 is 2.00 bits per heavy atom. The fraction of sp³-hybridized carbons (Fsp3) is 1.00. The average molecular weight is 158 g/mol. The van der Waals surface area contributed by atoms with Gasteiger partial charge in [-0.3, -0.25) is 0 Å². The third kappa shape index (κ3) is 1.28. The molecule has 4 atom stereocenters. The molecule has 0 aromatic rings. The van der Waals surface area contributed by atoms with Gasteiger partial charge in [-0.2, -0.15) is 0 Å². The van der Waals surface area contributed by atoms with Gasteiger partial charge in [-0.05, 0) is 19.3 Å². The maximum Gasteiger partial charge on any atom is 0.155 e. The van der Waals surface area contributed by atoms with Gasteiger partial charge in [0.15, 0.2) is 6.29 Å². The Bertz CT molecular complexity index is 148. The molecule has 3 nitrogen and oxygen atoms in total. The van der Waals surface area contributed by atoms with Gasteiger partial charge in [0, 0.05) is 12.3 Å². The molecule has 0 amide bonds. The summed E-state index contributed by atoms with van der Waals surface area (Å²) in [6.45, 7) is 0. The lowest BCUT2D eigenvalue weighted by molar-refractivity contribution is -0.102. The van der Waals surface area contributed by atoms with E-state index in [4.69, 9.17) is 9.84 Å². The van der Waals surface area contributed by atoms with Crippen LogP contribution in [0.3, 0.4) is 0 Å². The zero-order chi connectivity index (χ0) is 7.84. The van der Waals surface area contributed by atoms with Crippen LogP contribution in [0.4, 0.5) is 0 Å². The quantitative estimate of drug-likeness (QED) is 0.531. The Balaban J connectivity index is 2.03. The molecule has 1 unspecified atom stereocenters. The minimum atomic E-state index is -0.627. The first-order valence-corrected chi connectivity index (χ1v) is 4.29. The van der Waals surface area contributed by atoms with Gasteiger partial charge in [0.2, 0.25) is 0 Å². The van der Waals surface area contributed by atoms with Crippen molar-refractivity contribution in [3.63, 3.8) is 0 Å². The van der Waals surface area contributed by atoms with E-state index in [0.29, 0.717) is 6.42 Å². The molecule has 0 radical (unpaired) electrons. The van der Waals surface area contributed by atoms with Crippen LogP contribution in [0, 0.1) is 5.92 Å². The average Bonchev–Trinajstić information content (AvgIpc) is 2.31. The van der Waals surface area contributed by atoms with Gasteiger partial charge in [-0.1, -0.05) is 0 Å². The lowest BCUT2D eigenvalue weighted by Crippen LogP contribution is -2.32. The Morgan fingerprint density at radius 1 is 1.18 bits per heavy atom. The molecule has 0 aromatic carbocycles. The number of hydrogen-bond acceptors (Lipinski definition) is 3. The highest BCUT2D eigenvalue weighted by Crippen LogP contribution is 2.36. The highest BCUT2D eigenvalue weighted by molar-refractivity contribution is 4.87. The van der Waals surface area contributed by atoms with Gasteiger partial charge in [-0.25, -0.2) is 0 Å². The third-order valence-electron chi connectivity index (χ3n) is 2.77. The molecule has 1 aliphatic heterocycles. The number of fused-ring (bicyclic) bond motifs is 1. The van der Waals surface area contributed by atoms with Crippen molar-refractivity contribution in [1.82, 2.24) is 0 Å². The SMILES string of the molecule is OC1C[C@H]2[C@H](CCC[C@@H]2O)O1. The van der Waals surface area contributed by atoms with Gasteiger partial charge in [0.05, 0.1) is 12.2 Å². The summed E-state index contributed by atoms with van der Waals surface area (Å²) in [5, 5.41) is 18.7. The van der Waals surface area contributed by atoms with Crippen molar-refractivity contribution in [1.29, 1.82) is 0 Å². The second-order valence-corrected chi connectivity index (χ2v) is 3.53. The van der Waals surface area contributed by atoms with E-state index in [1.165, 1.54) is 0 Å². The number of ether oxygens (including phenoxy) is 1. The number of aliphatic hydroxyl groups is 2. The maximum atomic E-state index is 9.51. The molecule has 64 valence electrons. The zero-order valence-electron chi connectivity index (χ0n) is 6.44. The van der Waals surface area contributed by atoms with Crippen molar-refractivity contribution in [3.8, 4) is 0 Å². The van der Waals surface area contributed by atoms with E-state index in [2.05, 4.69) is 0 Å². The van der Waals surface area contributed by atoms with E-state index in [0.717, 1.165) is 19.3 Å². The van der Waals surface area contributed by atoms with E-state index in [1.807, 2.05) is 0 Å². The summed E-state index contributed by atoms with van der Waals surface area (Å²) in [5.74, 6) is 0.193. The molecular formula is C8H14O3. The summed E-state index contributed by atoms with van der Waals surface area (Å²) in [5.41, 5.74) is 0. The third-order valence-corrected chi connectivity index (χ3v) is 2.77. The topological polar surface area (TPSA) is 49.7 Å². The highest BCUT2D eigenvalue weighted by Gasteiger charge is 2.40. The summed E-state index contributed by atoms with van der Waals surface area (Å²) in [6, 6.07) is 0. The Kier molecular flexibility index (Phi) is 1.87. The summed E-state index contributed by atoms with van der Waals surface area (Å²) in [7, 11) is 0. The normalized spacial score (nSPS) is 50.7. The summed E-state index contributed by atoms with van der Waals surface area (Å²) in [6.07, 6.45) is 2.76. The number of aliphatic hydroxyl groups excluding tert-OH is 2. The van der Waals surface area contributed by atoms with Crippen molar-refractivity contribution >= 4 is 0 Å². The van der Waals surface area contributed by atoms with Gasteiger partial charge in [0.25, 0.3) is 0 Å². The fourth-order valence-corrected chi connectivity index (χ4v) is 2.17. The van der Waals surface area contributed by atoms with Crippen molar-refractivity contribution < 1.29 is 14.9 Å². The predicted octanol–water partition coefficient (Wildman–Crippen LogP) is 0.255. The number of rotatable bonds is 0. The van der Waals surface area contributed by atoms with E-state index in [-0.39, 0.29) is 18.1 Å². The molecule has 2 fully saturated rings. The van der Waals surface area contributed by atoms with Crippen molar-refractivity contribution in [2.24, 2.45) is 5.92 Å². The molecular weight excluding hydrogens is 144 g/mol. The Morgan fingerprint density at radius 3 is 2.73 bits per heavy atom. The lowest BCUT2D eigenvalue weighted by Gasteiger charge is -2.28. The lowest BCUT2D eigenvalue weighted by atomic mass is 9.84. The first kappa shape index (κ1) is 7.53. The first-order chi connectivity index (χ1) is 5.27. The predicted molar refractivity (Wildman–Crippen MR) is 38.8 cm³/mol. The van der Waals surface area contributed by atoms with Crippen LogP contribution in [0.2, 0.25) is 0 Å². The van der Waals surface area contributed by atoms with Crippen LogP contribution in [0.25, 0.3) is 0 Å². The molecule has 2 rings (SSSR count). The number of hydrogen-bond donors (Lipinski definition) is 2. The van der Waals surface area contributed by atoms with Crippen LogP contribution in [-0.2, 0) is 4.74 Å². The van der Waals surface area contributed by atoms with Crippen LogP contribution in [0.1, 0.15) is 25.7 Å². The molecule has 0 spiro atoms. The van der Waals surface area contributed by atoms with Crippen LogP contribution < -0.4 is 0 Å². The van der Waals surface area contributed by atoms with E-state index < -0.39 is 6.29 Å². The summed E-state index contributed by atoms with van der Waals surface area (Å²) in [4.78, 5) is 0. The molecule has 0 bridgehead atoms. The minimum absolute atomic E-state index is 0.119. The van der Waals surface area contributed by atoms with Gasteiger partial charge >= 0.3 is 0 Å². The minimum Gasteiger partial charge on any atom is -0.393 e. The van der Waals surface area contributed by atoms with E-state index in [1.54, 1.807) is 0 Å². The Hall–Kier alpha value is -0.120. The van der Waals surface area contributed by atoms with Gasteiger partial charge in [0.1, 0.15) is 0 Å². The van der Waals surface area contributed by atoms with Crippen LogP contribution >= 0.6 is 0 Å². The molecule has 1 aliphatic carbocycles. The molecule has 3 heteroatoms. The zero-order valence-corrected chi connectivity index (χ0v) is 6.44. The van der Waals surface area contributed by atoms with Crippen LogP contribution in [-0.4, -0.2) is 28.7 Å². The molecule has 11 heavy (non-hydrogen) atoms. The van der Waals surface area contributed by atoms with Crippen LogP contribution in [0.5, 0.6) is 0 Å². The summed E-state index contributed by atoms with van der Waals surface area (Å²) >= 11 is 0. The summed E-state index contributed by atoms with van der Waals surface area (Å²) < 4.78 is 5.23. The molecule has 0 aromatic heterocycles. The van der Waals surface area contributed by atoms with Crippen molar-refractivity contribution in [3.05, 3.63) is 0 Å². The molecule has 2 N–H and O–H groups in total. The van der Waals surface area contributed by atoms with Crippen LogP contribution in [0.15, 0.2) is 0 Å². The molecule has 1 saturated carbocycles. The van der Waals surface area contributed by atoms with Gasteiger partial charge < -0.3 is 14.9 Å². The monoisotopic (exact) mass is 158 g/mol. The molecule has 1 saturated heterocycles. The molecule has 2 aliphatic rings. The fourth-order valence-electron chi connectivity index (χ4n) is 2.17. The molecule has 1 heterocycles. The van der Waals surface area contributed by atoms with Crippen molar-refractivity contribution in [2.75, 3.05) is 0 Å². The highest BCUT2D eigenvalue weighted by atomic mass is 16.6. The van der Waals surface area contributed by atoms with Gasteiger partial charge in [-0.15, -0.1) is 0 Å².